The van der Waals surface area contributed by atoms with Crippen molar-refractivity contribution in [2.24, 2.45) is 0 Å². The minimum Gasteiger partial charge on any atom is -0.304 e. The van der Waals surface area contributed by atoms with Gasteiger partial charge in [-0.3, -0.25) is 14.2 Å². The van der Waals surface area contributed by atoms with Crippen molar-refractivity contribution in [3.8, 4) is 0 Å². The Kier molecular flexibility index (Phi) is 20.3. The first-order chi connectivity index (χ1) is 20.4. The van der Waals surface area contributed by atoms with E-state index in [9.17, 15) is 31.7 Å². The first-order valence-corrected chi connectivity index (χ1v) is 16.1. The summed E-state index contributed by atoms with van der Waals surface area (Å²) in [5.41, 5.74) is 5.65. The van der Waals surface area contributed by atoms with Gasteiger partial charge in [0, 0.05) is 0 Å². The Morgan fingerprint density at radius 1 is 0.545 bits per heavy atom. The molecule has 0 bridgehead atoms. The van der Waals surface area contributed by atoms with Gasteiger partial charge in [-0.2, -0.15) is 17.6 Å². The Balaban J connectivity index is 4.73. The molecule has 5 nitrogen and oxygen atoms in total. The van der Waals surface area contributed by atoms with Crippen LogP contribution >= 0.6 is 8.25 Å². The predicted molar refractivity (Wildman–Crippen MR) is 172 cm³/mol. The summed E-state index contributed by atoms with van der Waals surface area (Å²) in [6.07, 6.45) is 15.4. The number of carbonyl (C=O) groups is 2. The molecule has 0 heterocycles. The molecule has 250 valence electrons. The van der Waals surface area contributed by atoms with Gasteiger partial charge < -0.3 is 9.05 Å². The third kappa shape index (κ3) is 20.6. The third-order valence-electron chi connectivity index (χ3n) is 6.46. The van der Waals surface area contributed by atoms with Crippen LogP contribution in [0.2, 0.25) is 0 Å². The number of carbonyl (C=O) groups excluding carboxylic acids is 2. The summed E-state index contributed by atoms with van der Waals surface area (Å²) in [6, 6.07) is 0. The monoisotopic (exact) mass is 646 g/mol. The molecule has 0 atom stereocenters. The zero-order chi connectivity index (χ0) is 33.9. The number of hydrogen-bond donors (Lipinski definition) is 0. The van der Waals surface area contributed by atoms with Crippen LogP contribution in [0.25, 0.3) is 0 Å². The summed E-state index contributed by atoms with van der Waals surface area (Å²) in [5, 5.41) is 0. The highest BCUT2D eigenvalue weighted by Gasteiger charge is 2.40. The zero-order valence-corrected chi connectivity index (χ0v) is 28.6. The fourth-order valence-electron chi connectivity index (χ4n) is 3.76. The fourth-order valence-corrected chi connectivity index (χ4v) is 4.44. The Hall–Kier alpha value is -2.35. The van der Waals surface area contributed by atoms with Gasteiger partial charge in [-0.05, 0) is 119 Å². The van der Waals surface area contributed by atoms with Crippen LogP contribution < -0.4 is 0 Å². The molecule has 0 unspecified atom stereocenters. The third-order valence-corrected chi connectivity index (χ3v) is 7.22. The van der Waals surface area contributed by atoms with E-state index in [1.165, 1.54) is 11.1 Å². The first-order valence-electron chi connectivity index (χ1n) is 14.9. The van der Waals surface area contributed by atoms with E-state index in [1.54, 1.807) is 13.8 Å². The van der Waals surface area contributed by atoms with E-state index in [2.05, 4.69) is 21.2 Å². The van der Waals surface area contributed by atoms with Gasteiger partial charge in [-0.15, -0.1) is 0 Å². The first kappa shape index (κ1) is 41.7. The van der Waals surface area contributed by atoms with Crippen LogP contribution in [0.4, 0.5) is 17.6 Å². The summed E-state index contributed by atoms with van der Waals surface area (Å²) in [6.45, 7) is 12.0. The zero-order valence-electron chi connectivity index (χ0n) is 27.6. The number of halogens is 4. The quantitative estimate of drug-likeness (QED) is 0.0507. The second-order valence-electron chi connectivity index (χ2n) is 11.8. The molecule has 0 aromatic rings. The SMILES string of the molecule is CC(C)=CCCC(C)=CCCC(C)=CC(=O)C(F)(F)CO[PH](=O)OCC(F)(F)C(=O)C=C(C)CCC=C(C)CCC=C(C)C. The molecular formula is C34H51F4O5P. The van der Waals surface area contributed by atoms with Crippen molar-refractivity contribution >= 4 is 19.8 Å². The van der Waals surface area contributed by atoms with Gasteiger partial charge in [0.05, 0.1) is 0 Å². The molecule has 0 saturated heterocycles. The minimum absolute atomic E-state index is 0.395. The van der Waals surface area contributed by atoms with Crippen molar-refractivity contribution < 1.29 is 40.8 Å². The molecule has 0 aromatic carbocycles. The van der Waals surface area contributed by atoms with Gasteiger partial charge in [0.25, 0.3) is 0 Å². The van der Waals surface area contributed by atoms with Crippen LogP contribution in [0.3, 0.4) is 0 Å². The lowest BCUT2D eigenvalue weighted by atomic mass is 10.0. The van der Waals surface area contributed by atoms with E-state index < -0.39 is 44.9 Å². The lowest BCUT2D eigenvalue weighted by molar-refractivity contribution is -0.143. The van der Waals surface area contributed by atoms with Gasteiger partial charge in [0.15, 0.2) is 0 Å². The summed E-state index contributed by atoms with van der Waals surface area (Å²) < 4.78 is 77.6. The van der Waals surface area contributed by atoms with E-state index in [0.717, 1.165) is 49.0 Å². The summed E-state index contributed by atoms with van der Waals surface area (Å²) in [4.78, 5) is 24.1. The Bertz CT molecular complexity index is 1060. The molecule has 0 saturated carbocycles. The van der Waals surface area contributed by atoms with Gasteiger partial charge >= 0.3 is 20.1 Å². The van der Waals surface area contributed by atoms with Crippen LogP contribution in [0.5, 0.6) is 0 Å². The molecule has 0 fully saturated rings. The van der Waals surface area contributed by atoms with Gasteiger partial charge in [-0.25, -0.2) is 0 Å². The van der Waals surface area contributed by atoms with Crippen molar-refractivity contribution in [2.45, 2.75) is 119 Å². The molecule has 0 radical (unpaired) electrons. The van der Waals surface area contributed by atoms with Crippen LogP contribution in [0.15, 0.2) is 69.9 Å². The highest BCUT2D eigenvalue weighted by molar-refractivity contribution is 7.33. The fraction of sp³-hybridized carbons (Fsp3) is 0.588. The summed E-state index contributed by atoms with van der Waals surface area (Å²) in [7, 11) is -3.83. The lowest BCUT2D eigenvalue weighted by Crippen LogP contribution is -2.33. The van der Waals surface area contributed by atoms with Crippen molar-refractivity contribution in [3.63, 3.8) is 0 Å². The molecule has 0 aliphatic carbocycles. The predicted octanol–water partition coefficient (Wildman–Crippen LogP) is 10.7. The van der Waals surface area contributed by atoms with Crippen molar-refractivity contribution in [3.05, 3.63) is 69.9 Å². The molecule has 0 N–H and O–H groups in total. The smallest absolute Gasteiger partial charge is 0.304 e. The number of rotatable bonds is 22. The average Bonchev–Trinajstić information content (AvgIpc) is 2.90. The summed E-state index contributed by atoms with van der Waals surface area (Å²) in [5.74, 6) is -11.2. The van der Waals surface area contributed by atoms with E-state index in [0.29, 0.717) is 36.8 Å². The number of allylic oxidation sites excluding steroid dienone is 12. The Morgan fingerprint density at radius 2 is 0.841 bits per heavy atom. The number of hydrogen-bond acceptors (Lipinski definition) is 5. The van der Waals surface area contributed by atoms with Gasteiger partial charge in [0.2, 0.25) is 11.6 Å². The van der Waals surface area contributed by atoms with Gasteiger partial charge in [0.1, 0.15) is 13.2 Å². The maximum Gasteiger partial charge on any atom is 0.332 e. The average molecular weight is 647 g/mol. The maximum absolute atomic E-state index is 14.3. The van der Waals surface area contributed by atoms with Gasteiger partial charge in [-0.1, -0.05) is 57.7 Å². The van der Waals surface area contributed by atoms with Crippen molar-refractivity contribution in [2.75, 3.05) is 13.2 Å². The van der Waals surface area contributed by atoms with Crippen LogP contribution in [0, 0.1) is 0 Å². The molecule has 0 rings (SSSR count). The topological polar surface area (TPSA) is 69.7 Å². The molecular weight excluding hydrogens is 595 g/mol. The van der Waals surface area contributed by atoms with E-state index in [4.69, 9.17) is 0 Å². The summed E-state index contributed by atoms with van der Waals surface area (Å²) >= 11 is 0. The van der Waals surface area contributed by atoms with E-state index in [1.807, 2.05) is 53.7 Å². The lowest BCUT2D eigenvalue weighted by Gasteiger charge is -2.16. The van der Waals surface area contributed by atoms with Crippen molar-refractivity contribution in [1.29, 1.82) is 0 Å². The molecule has 0 aromatic heterocycles. The Morgan fingerprint density at radius 3 is 1.16 bits per heavy atom. The normalized spacial score (nSPS) is 14.4. The van der Waals surface area contributed by atoms with E-state index in [-0.39, 0.29) is 0 Å². The standard InChI is InChI=1S/C34H51F4O5P/c1-25(2)13-9-15-27(5)17-11-19-29(7)21-31(39)33(35,36)23-42-44(41)43-24-34(37,38)32(40)22-30(8)20-12-18-28(6)16-10-14-26(3)4/h13-14,17-18,21-22,44H,9-12,15-16,19-20,23-24H2,1-8H3. The van der Waals surface area contributed by atoms with Crippen LogP contribution in [-0.2, 0) is 23.2 Å². The minimum atomic E-state index is -4.03. The molecule has 0 aliphatic rings. The molecule has 0 spiro atoms. The Labute approximate surface area is 262 Å². The maximum atomic E-state index is 14.3. The molecule has 0 aliphatic heterocycles. The second-order valence-corrected chi connectivity index (χ2v) is 12.8. The van der Waals surface area contributed by atoms with Crippen LogP contribution in [-0.4, -0.2) is 36.6 Å². The number of alkyl halides is 4. The largest absolute Gasteiger partial charge is 0.332 e. The molecule has 10 heteroatoms. The highest BCUT2D eigenvalue weighted by Crippen LogP contribution is 2.31. The number of ketones is 2. The molecule has 0 amide bonds. The van der Waals surface area contributed by atoms with Crippen LogP contribution in [0.1, 0.15) is 107 Å². The second kappa shape index (κ2) is 21.4. The van der Waals surface area contributed by atoms with E-state index >= 15 is 0 Å². The van der Waals surface area contributed by atoms with Crippen molar-refractivity contribution in [1.82, 2.24) is 0 Å². The molecule has 44 heavy (non-hydrogen) atoms. The highest BCUT2D eigenvalue weighted by atomic mass is 31.1.